The van der Waals surface area contributed by atoms with E-state index in [2.05, 4.69) is 5.32 Å². The summed E-state index contributed by atoms with van der Waals surface area (Å²) in [6.45, 7) is 2.12. The second kappa shape index (κ2) is 3.84. The number of amides is 3. The topological polar surface area (TPSA) is 69.6 Å². The van der Waals surface area contributed by atoms with Crippen LogP contribution >= 0.6 is 0 Å². The molecule has 5 heteroatoms. The molecule has 0 atom stereocenters. The maximum Gasteiger partial charge on any atom is 0.328 e. The summed E-state index contributed by atoms with van der Waals surface area (Å²) < 4.78 is 0. The van der Waals surface area contributed by atoms with Gasteiger partial charge in [-0.25, -0.2) is 4.79 Å². The number of anilines is 1. The number of benzene rings is 1. The van der Waals surface area contributed by atoms with Crippen molar-refractivity contribution >= 4 is 17.6 Å². The van der Waals surface area contributed by atoms with E-state index in [9.17, 15) is 14.7 Å². The molecule has 1 heterocycles. The van der Waals surface area contributed by atoms with Gasteiger partial charge in [0.2, 0.25) is 5.91 Å². The van der Waals surface area contributed by atoms with Crippen LogP contribution in [0.25, 0.3) is 0 Å². The predicted octanol–water partition coefficient (Wildman–Crippen LogP) is 1.15. The molecule has 1 aromatic rings. The van der Waals surface area contributed by atoms with Crippen LogP contribution in [0.3, 0.4) is 0 Å². The SMILES string of the molecule is Cc1ccc(N2CCC(=O)NC2=O)cc1O. The lowest BCUT2D eigenvalue weighted by molar-refractivity contribution is -0.120. The molecule has 16 heavy (non-hydrogen) atoms. The zero-order valence-corrected chi connectivity index (χ0v) is 8.86. The van der Waals surface area contributed by atoms with E-state index in [1.807, 2.05) is 0 Å². The van der Waals surface area contributed by atoms with Crippen molar-refractivity contribution in [3.63, 3.8) is 0 Å². The third-order valence-corrected chi connectivity index (χ3v) is 2.56. The highest BCUT2D eigenvalue weighted by Gasteiger charge is 2.24. The van der Waals surface area contributed by atoms with E-state index in [0.717, 1.165) is 5.56 Å². The number of hydrogen-bond donors (Lipinski definition) is 2. The molecule has 0 bridgehead atoms. The molecule has 5 nitrogen and oxygen atoms in total. The fourth-order valence-electron chi connectivity index (χ4n) is 1.58. The largest absolute Gasteiger partial charge is 0.508 e. The first-order valence-electron chi connectivity index (χ1n) is 4.99. The second-order valence-electron chi connectivity index (χ2n) is 3.73. The van der Waals surface area contributed by atoms with Crippen LogP contribution in [0.2, 0.25) is 0 Å². The summed E-state index contributed by atoms with van der Waals surface area (Å²) in [4.78, 5) is 23.9. The molecule has 0 aliphatic carbocycles. The summed E-state index contributed by atoms with van der Waals surface area (Å²) in [5, 5.41) is 11.8. The van der Waals surface area contributed by atoms with Gasteiger partial charge in [-0.2, -0.15) is 0 Å². The third-order valence-electron chi connectivity index (χ3n) is 2.56. The normalized spacial score (nSPS) is 16.2. The first-order valence-corrected chi connectivity index (χ1v) is 4.99. The van der Waals surface area contributed by atoms with Gasteiger partial charge in [-0.3, -0.25) is 15.0 Å². The third kappa shape index (κ3) is 1.84. The van der Waals surface area contributed by atoms with E-state index in [1.165, 1.54) is 11.0 Å². The number of rotatable bonds is 1. The minimum Gasteiger partial charge on any atom is -0.508 e. The fourth-order valence-corrected chi connectivity index (χ4v) is 1.58. The molecule has 1 aromatic carbocycles. The average Bonchev–Trinajstić information content (AvgIpc) is 2.22. The van der Waals surface area contributed by atoms with Crippen molar-refractivity contribution in [2.24, 2.45) is 0 Å². The summed E-state index contributed by atoms with van der Waals surface area (Å²) in [6, 6.07) is 4.54. The number of nitrogens with zero attached hydrogens (tertiary/aromatic N) is 1. The average molecular weight is 220 g/mol. The van der Waals surface area contributed by atoms with Gasteiger partial charge in [0.25, 0.3) is 0 Å². The summed E-state index contributed by atoms with van der Waals surface area (Å²) >= 11 is 0. The molecule has 3 amide bonds. The number of urea groups is 1. The number of carbonyl (C=O) groups excluding carboxylic acids is 2. The predicted molar refractivity (Wildman–Crippen MR) is 58.3 cm³/mol. The summed E-state index contributed by atoms with van der Waals surface area (Å²) in [5.74, 6) is -0.125. The number of imide groups is 1. The van der Waals surface area contributed by atoms with E-state index in [-0.39, 0.29) is 18.1 Å². The molecule has 2 rings (SSSR count). The van der Waals surface area contributed by atoms with Gasteiger partial charge in [0, 0.05) is 24.7 Å². The minimum atomic E-state index is -0.445. The molecule has 2 N–H and O–H groups in total. The van der Waals surface area contributed by atoms with Gasteiger partial charge < -0.3 is 5.11 Å². The van der Waals surface area contributed by atoms with E-state index in [1.54, 1.807) is 19.1 Å². The summed E-state index contributed by atoms with van der Waals surface area (Å²) in [5.41, 5.74) is 1.34. The Morgan fingerprint density at radius 1 is 1.38 bits per heavy atom. The highest BCUT2D eigenvalue weighted by molar-refractivity contribution is 6.05. The fraction of sp³-hybridized carbons (Fsp3) is 0.273. The number of nitrogens with one attached hydrogen (secondary N) is 1. The number of carbonyl (C=O) groups is 2. The van der Waals surface area contributed by atoms with Gasteiger partial charge in [-0.1, -0.05) is 6.07 Å². The van der Waals surface area contributed by atoms with Gasteiger partial charge >= 0.3 is 6.03 Å². The molecule has 1 aliphatic heterocycles. The minimum absolute atomic E-state index is 0.141. The standard InChI is InChI=1S/C11H12N2O3/c1-7-2-3-8(6-9(7)14)13-5-4-10(15)12-11(13)16/h2-3,6,14H,4-5H2,1H3,(H,12,15,16). The number of phenols is 1. The van der Waals surface area contributed by atoms with Crippen molar-refractivity contribution in [1.82, 2.24) is 5.32 Å². The van der Waals surface area contributed by atoms with Crippen LogP contribution in [0, 0.1) is 6.92 Å². The van der Waals surface area contributed by atoms with E-state index in [0.29, 0.717) is 12.2 Å². The molecule has 0 unspecified atom stereocenters. The van der Waals surface area contributed by atoms with Crippen LogP contribution in [0.15, 0.2) is 18.2 Å². The Bertz CT molecular complexity index is 457. The molecule has 0 radical (unpaired) electrons. The maximum absolute atomic E-state index is 11.5. The quantitative estimate of drug-likeness (QED) is 0.745. The van der Waals surface area contributed by atoms with Gasteiger partial charge in [-0.05, 0) is 18.6 Å². The lowest BCUT2D eigenvalue weighted by Crippen LogP contribution is -2.49. The van der Waals surface area contributed by atoms with E-state index >= 15 is 0 Å². The first-order chi connectivity index (χ1) is 7.58. The summed E-state index contributed by atoms with van der Waals surface area (Å²) in [6.07, 6.45) is 0.278. The van der Waals surface area contributed by atoms with Crippen molar-refractivity contribution in [2.45, 2.75) is 13.3 Å². The van der Waals surface area contributed by atoms with Crippen LogP contribution in [-0.4, -0.2) is 23.6 Å². The molecule has 1 saturated heterocycles. The number of phenolic OH excluding ortho intramolecular Hbond substituents is 1. The van der Waals surface area contributed by atoms with Crippen molar-refractivity contribution in [3.8, 4) is 5.75 Å². The van der Waals surface area contributed by atoms with Gasteiger partial charge in [0.15, 0.2) is 0 Å². The smallest absolute Gasteiger partial charge is 0.328 e. The molecule has 0 spiro atoms. The van der Waals surface area contributed by atoms with Crippen LogP contribution < -0.4 is 10.2 Å². The first kappa shape index (κ1) is 10.5. The molecule has 0 saturated carbocycles. The molecular formula is C11H12N2O3. The van der Waals surface area contributed by atoms with Crippen molar-refractivity contribution in [1.29, 1.82) is 0 Å². The Hall–Kier alpha value is -2.04. The lowest BCUT2D eigenvalue weighted by Gasteiger charge is -2.26. The zero-order valence-electron chi connectivity index (χ0n) is 8.86. The monoisotopic (exact) mass is 220 g/mol. The molecule has 1 aliphatic rings. The molecule has 1 fully saturated rings. The van der Waals surface area contributed by atoms with Crippen molar-refractivity contribution in [3.05, 3.63) is 23.8 Å². The van der Waals surface area contributed by atoms with Crippen LogP contribution in [0.4, 0.5) is 10.5 Å². The van der Waals surface area contributed by atoms with Crippen LogP contribution in [-0.2, 0) is 4.79 Å². The Kier molecular flexibility index (Phi) is 2.52. The lowest BCUT2D eigenvalue weighted by atomic mass is 10.2. The van der Waals surface area contributed by atoms with Crippen molar-refractivity contribution < 1.29 is 14.7 Å². The van der Waals surface area contributed by atoms with Crippen LogP contribution in [0.5, 0.6) is 5.75 Å². The Morgan fingerprint density at radius 3 is 2.75 bits per heavy atom. The zero-order chi connectivity index (χ0) is 11.7. The molecule has 84 valence electrons. The van der Waals surface area contributed by atoms with E-state index < -0.39 is 6.03 Å². The highest BCUT2D eigenvalue weighted by atomic mass is 16.3. The second-order valence-corrected chi connectivity index (χ2v) is 3.73. The van der Waals surface area contributed by atoms with Crippen LogP contribution in [0.1, 0.15) is 12.0 Å². The van der Waals surface area contributed by atoms with E-state index in [4.69, 9.17) is 0 Å². The Morgan fingerprint density at radius 2 is 2.12 bits per heavy atom. The Balaban J connectivity index is 2.27. The molecule has 0 aromatic heterocycles. The number of aryl methyl sites for hydroxylation is 1. The number of hydrogen-bond acceptors (Lipinski definition) is 3. The number of aromatic hydroxyl groups is 1. The Labute approximate surface area is 92.7 Å². The van der Waals surface area contributed by atoms with Crippen molar-refractivity contribution in [2.75, 3.05) is 11.4 Å². The molecular weight excluding hydrogens is 208 g/mol. The van der Waals surface area contributed by atoms with Gasteiger partial charge in [0.05, 0.1) is 0 Å². The van der Waals surface area contributed by atoms with Gasteiger partial charge in [-0.15, -0.1) is 0 Å². The van der Waals surface area contributed by atoms with Gasteiger partial charge in [0.1, 0.15) is 5.75 Å². The maximum atomic E-state index is 11.5. The highest BCUT2D eigenvalue weighted by Crippen LogP contribution is 2.24. The summed E-state index contributed by atoms with van der Waals surface area (Å²) in [7, 11) is 0.